The smallest absolute Gasteiger partial charge is 2.00 e. The molecule has 0 heterocycles. The first-order chi connectivity index (χ1) is 0. The van der Waals surface area contributed by atoms with E-state index in [4.69, 9.17) is 0 Å². The molecule has 0 aromatic carbocycles. The van der Waals surface area contributed by atoms with Crippen molar-refractivity contribution in [3.05, 3.63) is 0 Å². The Hall–Kier alpha value is 2.90. The van der Waals surface area contributed by atoms with E-state index in [2.05, 4.69) is 0 Å². The van der Waals surface area contributed by atoms with E-state index < -0.39 is 0 Å². The largest absolute Gasteiger partial charge is 5.00 e. The summed E-state index contributed by atoms with van der Waals surface area (Å²) >= 11 is 0. The Morgan fingerprint density at radius 3 is 0.600 bits per heavy atom. The fraction of sp³-hybridized carbons (Fsp3) is 0. The van der Waals surface area contributed by atoms with E-state index in [1.54, 1.807) is 0 Å². The first-order valence-corrected chi connectivity index (χ1v) is 0. The van der Waals surface area contributed by atoms with Gasteiger partial charge in [-0.15, -0.1) is 0 Å². The molecule has 0 unspecified atom stereocenters. The Morgan fingerprint density at radius 2 is 0.600 bits per heavy atom. The van der Waals surface area contributed by atoms with Crippen molar-refractivity contribution >= 4 is 51.2 Å². The fourth-order valence-corrected chi connectivity index (χ4v) is 0. The fourth-order valence-electron chi connectivity index (χ4n) is 0. The first-order valence-electron chi connectivity index (χ1n) is 0. The molecule has 5 heavy (non-hydrogen) atoms. The van der Waals surface area contributed by atoms with Crippen LogP contribution in [0.5, 0.6) is 0 Å². The molecule has 24 valence electrons. The van der Waals surface area contributed by atoms with E-state index >= 15 is 0 Å². The van der Waals surface area contributed by atoms with Crippen LogP contribution in [0.25, 0.3) is 0 Å². The zero-order valence-corrected chi connectivity index (χ0v) is 10.0. The normalized spacial score (nSPS) is 0. The standard InChI is InChI=1S/Li.Nb.3Se/q+1;+5;3*-2. The van der Waals surface area contributed by atoms with Crippen LogP contribution >= 0.6 is 0 Å². The number of rotatable bonds is 0. The van der Waals surface area contributed by atoms with Gasteiger partial charge < -0.3 is 51.2 Å². The summed E-state index contributed by atoms with van der Waals surface area (Å²) in [7, 11) is 0. The molecule has 0 fully saturated rings. The van der Waals surface area contributed by atoms with Gasteiger partial charge in [-0.05, 0) is 0 Å². The molecule has 0 aliphatic rings. The van der Waals surface area contributed by atoms with Gasteiger partial charge in [0.1, 0.15) is 0 Å². The predicted octanol–water partition coefficient (Wildman–Crippen LogP) is -4.14. The molecule has 0 atom stereocenters. The second-order valence-electron chi connectivity index (χ2n) is 0. The van der Waals surface area contributed by atoms with Gasteiger partial charge in [0.15, 0.2) is 0 Å². The molecule has 0 bridgehead atoms. The van der Waals surface area contributed by atoms with Crippen molar-refractivity contribution < 1.29 is 41.2 Å². The minimum absolute atomic E-state index is 0. The Labute approximate surface area is 91.1 Å². The van der Waals surface area contributed by atoms with Gasteiger partial charge in [-0.3, -0.25) is 0 Å². The SMILES string of the molecule is [Li+].[Nb+5].[Se-2].[Se-2].[Se-2]. The number of hydrogen-bond donors (Lipinski definition) is 0. The van der Waals surface area contributed by atoms with E-state index in [-0.39, 0.29) is 92.4 Å². The summed E-state index contributed by atoms with van der Waals surface area (Å²) in [6.45, 7) is 0. The molecule has 0 aromatic rings. The Morgan fingerprint density at radius 1 is 0.600 bits per heavy atom. The van der Waals surface area contributed by atoms with Gasteiger partial charge in [-0.2, -0.15) is 0 Å². The summed E-state index contributed by atoms with van der Waals surface area (Å²) < 4.78 is 0. The summed E-state index contributed by atoms with van der Waals surface area (Å²) in [5, 5.41) is 0. The molecular formula is LiNbSe3. The topological polar surface area (TPSA) is 0 Å². The predicted molar refractivity (Wildman–Crippen MR) is 17.3 cm³/mol. The minimum atomic E-state index is 0. The minimum Gasteiger partial charge on any atom is -2.00 e. The van der Waals surface area contributed by atoms with Crippen molar-refractivity contribution in [2.75, 3.05) is 0 Å². The van der Waals surface area contributed by atoms with Gasteiger partial charge in [-0.1, -0.05) is 0 Å². The molecule has 0 radical (unpaired) electrons. The maximum atomic E-state index is 0. The summed E-state index contributed by atoms with van der Waals surface area (Å²) in [5.74, 6) is 0. The average molecular weight is 337 g/mol. The van der Waals surface area contributed by atoms with Crippen molar-refractivity contribution in [1.29, 1.82) is 0 Å². The van der Waals surface area contributed by atoms with Crippen molar-refractivity contribution in [1.82, 2.24) is 0 Å². The molecule has 0 saturated carbocycles. The number of hydrogen-bond acceptors (Lipinski definition) is 0. The van der Waals surface area contributed by atoms with Crippen LogP contribution in [0.2, 0.25) is 0 Å². The summed E-state index contributed by atoms with van der Waals surface area (Å²) in [4.78, 5) is 0. The van der Waals surface area contributed by atoms with Gasteiger partial charge in [0.2, 0.25) is 0 Å². The summed E-state index contributed by atoms with van der Waals surface area (Å²) in [5.41, 5.74) is 0. The third-order valence-corrected chi connectivity index (χ3v) is 0. The third-order valence-electron chi connectivity index (χ3n) is 0. The molecular weight excluding hydrogens is 337 g/mol. The molecule has 0 rings (SSSR count). The Kier molecular flexibility index (Phi) is 256. The molecule has 0 aromatic heterocycles. The molecule has 0 N–H and O–H groups in total. The summed E-state index contributed by atoms with van der Waals surface area (Å²) in [6, 6.07) is 0. The van der Waals surface area contributed by atoms with Crippen LogP contribution in [0.3, 0.4) is 0 Å². The van der Waals surface area contributed by atoms with Crippen molar-refractivity contribution in [3.63, 3.8) is 0 Å². The van der Waals surface area contributed by atoms with Crippen LogP contribution < -0.4 is 18.9 Å². The molecule has 0 aliphatic heterocycles. The van der Waals surface area contributed by atoms with Gasteiger partial charge in [-0.25, -0.2) is 0 Å². The van der Waals surface area contributed by atoms with Gasteiger partial charge in [0.05, 0.1) is 0 Å². The zero-order valence-electron chi connectivity index (χ0n) is 2.67. The third kappa shape index (κ3) is 19.7. The first kappa shape index (κ1) is 44.8. The summed E-state index contributed by atoms with van der Waals surface area (Å²) in [6.07, 6.45) is 0. The average Bonchev–Trinajstić information content (AvgIpc) is 0. The quantitative estimate of drug-likeness (QED) is 0.394. The van der Waals surface area contributed by atoms with Gasteiger partial charge in [0.25, 0.3) is 0 Å². The van der Waals surface area contributed by atoms with Crippen LogP contribution in [0.4, 0.5) is 0 Å². The molecule has 0 saturated heterocycles. The van der Waals surface area contributed by atoms with Crippen LogP contribution in [0.15, 0.2) is 0 Å². The van der Waals surface area contributed by atoms with Crippen LogP contribution in [-0.4, -0.2) is 51.2 Å². The Balaban J connectivity index is 0. The molecule has 0 aliphatic carbocycles. The maximum absolute atomic E-state index is 0. The zero-order chi connectivity index (χ0) is 0. The van der Waals surface area contributed by atoms with Crippen LogP contribution in [-0.2, 0) is 22.4 Å². The van der Waals surface area contributed by atoms with Gasteiger partial charge >= 0.3 is 41.2 Å². The molecule has 5 heteroatoms. The van der Waals surface area contributed by atoms with Gasteiger partial charge in [0, 0.05) is 0 Å². The second kappa shape index (κ2) is 28.6. The van der Waals surface area contributed by atoms with E-state index in [0.717, 1.165) is 0 Å². The van der Waals surface area contributed by atoms with Crippen LogP contribution in [0, 0.1) is 0 Å². The van der Waals surface area contributed by atoms with Crippen molar-refractivity contribution in [2.45, 2.75) is 0 Å². The van der Waals surface area contributed by atoms with E-state index in [0.29, 0.717) is 0 Å². The van der Waals surface area contributed by atoms with E-state index in [1.807, 2.05) is 0 Å². The van der Waals surface area contributed by atoms with E-state index in [9.17, 15) is 0 Å². The maximum Gasteiger partial charge on any atom is 5.00 e. The van der Waals surface area contributed by atoms with Crippen LogP contribution in [0.1, 0.15) is 0 Å². The van der Waals surface area contributed by atoms with Crippen molar-refractivity contribution in [3.8, 4) is 0 Å². The molecule has 0 nitrogen and oxygen atoms in total. The van der Waals surface area contributed by atoms with Crippen molar-refractivity contribution in [2.24, 2.45) is 0 Å². The Bertz CT molecular complexity index is 6.85. The second-order valence-corrected chi connectivity index (χ2v) is 0. The molecule has 0 spiro atoms. The molecule has 0 amide bonds. The van der Waals surface area contributed by atoms with E-state index in [1.165, 1.54) is 0 Å². The monoisotopic (exact) mass is 340 g/mol.